The minimum Gasteiger partial charge on any atom is -0.492 e. The monoisotopic (exact) mass is 652 g/mol. The Hall–Kier alpha value is -3.74. The van der Waals surface area contributed by atoms with Crippen LogP contribution in [0.3, 0.4) is 0 Å². The molecule has 5 rings (SSSR count). The van der Waals surface area contributed by atoms with E-state index in [2.05, 4.69) is 15.5 Å². The van der Waals surface area contributed by atoms with Crippen molar-refractivity contribution in [3.63, 3.8) is 0 Å². The smallest absolute Gasteiger partial charge is 0.287 e. The Morgan fingerprint density at radius 3 is 2.50 bits per heavy atom. The van der Waals surface area contributed by atoms with E-state index in [1.807, 2.05) is 26.0 Å². The predicted molar refractivity (Wildman–Crippen MR) is 174 cm³/mol. The molecule has 2 aromatic carbocycles. The van der Waals surface area contributed by atoms with Crippen LogP contribution >= 0.6 is 0 Å². The zero-order valence-electron chi connectivity index (χ0n) is 26.6. The average Bonchev–Trinajstić information content (AvgIpc) is 3.38. The van der Waals surface area contributed by atoms with Crippen molar-refractivity contribution in [1.29, 1.82) is 0 Å². The second-order valence-corrected chi connectivity index (χ2v) is 14.5. The Kier molecular flexibility index (Phi) is 11.1. The van der Waals surface area contributed by atoms with Gasteiger partial charge in [0.1, 0.15) is 24.0 Å². The number of hydrogen-bond donors (Lipinski definition) is 2. The molecule has 0 bridgehead atoms. The standard InChI is InChI=1S/C34H44N4O7S/c1-24(2)20-29(33(40)35-28-12-9-17-38(23-30(28)39)46(42,43)27-10-5-3-6-11-27)36-34(41)32-22-25-21-26(13-14-31(25)45-32)44-19-18-37-15-7-4-8-16-37/h3,5-6,10-11,13-14,21-22,24,28-29H,4,7-9,12,15-20,23H2,1-2H3,(H,35,40)(H,36,41)/t28-,29-/m1/s1. The van der Waals surface area contributed by atoms with Crippen LogP contribution in [0.1, 0.15) is 62.9 Å². The largest absolute Gasteiger partial charge is 0.492 e. The highest BCUT2D eigenvalue weighted by molar-refractivity contribution is 7.89. The summed E-state index contributed by atoms with van der Waals surface area (Å²) < 4.78 is 39.2. The lowest BCUT2D eigenvalue weighted by atomic mass is 10.0. The molecular formula is C34H44N4O7S. The summed E-state index contributed by atoms with van der Waals surface area (Å²) in [7, 11) is -3.85. The fourth-order valence-electron chi connectivity index (χ4n) is 6.00. The highest BCUT2D eigenvalue weighted by Crippen LogP contribution is 2.25. The van der Waals surface area contributed by atoms with E-state index >= 15 is 0 Å². The molecule has 46 heavy (non-hydrogen) atoms. The van der Waals surface area contributed by atoms with E-state index in [9.17, 15) is 22.8 Å². The normalized spacial score (nSPS) is 19.1. The fraction of sp³-hybridized carbons (Fsp3) is 0.500. The van der Waals surface area contributed by atoms with Crippen LogP contribution in [0.5, 0.6) is 5.75 Å². The van der Waals surface area contributed by atoms with Gasteiger partial charge in [0.15, 0.2) is 11.5 Å². The lowest BCUT2D eigenvalue weighted by Crippen LogP contribution is -2.52. The number of sulfonamides is 1. The zero-order chi connectivity index (χ0) is 32.7. The summed E-state index contributed by atoms with van der Waals surface area (Å²) in [5, 5.41) is 6.28. The third-order valence-electron chi connectivity index (χ3n) is 8.48. The van der Waals surface area contributed by atoms with E-state index < -0.39 is 39.7 Å². The van der Waals surface area contributed by atoms with Gasteiger partial charge in [-0.25, -0.2) is 8.42 Å². The number of amides is 2. The van der Waals surface area contributed by atoms with E-state index in [1.165, 1.54) is 31.4 Å². The van der Waals surface area contributed by atoms with Crippen molar-refractivity contribution >= 4 is 38.6 Å². The number of nitrogens with one attached hydrogen (secondary N) is 2. The number of carbonyl (C=O) groups excluding carboxylic acids is 3. The van der Waals surface area contributed by atoms with Gasteiger partial charge in [-0.15, -0.1) is 0 Å². The van der Waals surface area contributed by atoms with Gasteiger partial charge in [0.25, 0.3) is 5.91 Å². The van der Waals surface area contributed by atoms with Gasteiger partial charge >= 0.3 is 0 Å². The lowest BCUT2D eigenvalue weighted by molar-refractivity contribution is -0.129. The van der Waals surface area contributed by atoms with Gasteiger partial charge in [0.05, 0.1) is 17.5 Å². The number of nitrogens with zero attached hydrogens (tertiary/aromatic N) is 2. The molecule has 248 valence electrons. The van der Waals surface area contributed by atoms with E-state index in [0.717, 1.165) is 23.9 Å². The van der Waals surface area contributed by atoms with Crippen molar-refractivity contribution in [2.75, 3.05) is 39.3 Å². The minimum absolute atomic E-state index is 0.0627. The van der Waals surface area contributed by atoms with Gasteiger partial charge in [-0.2, -0.15) is 4.31 Å². The number of piperidine rings is 1. The Morgan fingerprint density at radius 1 is 1.00 bits per heavy atom. The first kappa shape index (κ1) is 33.6. The first-order valence-electron chi connectivity index (χ1n) is 16.2. The molecular weight excluding hydrogens is 608 g/mol. The Bertz CT molecular complexity index is 1620. The Labute approximate surface area is 270 Å². The molecule has 2 N–H and O–H groups in total. The number of furan rings is 1. The van der Waals surface area contributed by atoms with Crippen LogP contribution in [0, 0.1) is 5.92 Å². The number of hydrogen-bond acceptors (Lipinski definition) is 8. The van der Waals surface area contributed by atoms with Gasteiger partial charge < -0.3 is 19.8 Å². The van der Waals surface area contributed by atoms with Gasteiger partial charge in [0, 0.05) is 18.5 Å². The predicted octanol–water partition coefficient (Wildman–Crippen LogP) is 3.98. The summed E-state index contributed by atoms with van der Waals surface area (Å²) in [5.74, 6) is -0.622. The molecule has 0 radical (unpaired) electrons. The summed E-state index contributed by atoms with van der Waals surface area (Å²) in [6.07, 6.45) is 4.76. The van der Waals surface area contributed by atoms with Crippen molar-refractivity contribution in [3.05, 3.63) is 60.4 Å². The van der Waals surface area contributed by atoms with Gasteiger partial charge in [-0.05, 0) is 87.5 Å². The molecule has 12 heteroatoms. The number of Topliss-reactive ketones (excluding diaryl/α,β-unsaturated/α-hetero) is 1. The molecule has 2 fully saturated rings. The molecule has 2 aliphatic rings. The number of likely N-dealkylation sites (tertiary alicyclic amines) is 1. The van der Waals surface area contributed by atoms with Crippen LogP contribution in [-0.2, 0) is 19.6 Å². The molecule has 0 spiro atoms. The fourth-order valence-corrected chi connectivity index (χ4v) is 7.46. The van der Waals surface area contributed by atoms with Gasteiger partial charge in [-0.3, -0.25) is 19.3 Å². The third kappa shape index (κ3) is 8.54. The maximum absolute atomic E-state index is 13.4. The van der Waals surface area contributed by atoms with E-state index in [1.54, 1.807) is 30.3 Å². The molecule has 2 amide bonds. The van der Waals surface area contributed by atoms with Crippen molar-refractivity contribution in [1.82, 2.24) is 19.8 Å². The van der Waals surface area contributed by atoms with E-state index in [0.29, 0.717) is 42.6 Å². The summed E-state index contributed by atoms with van der Waals surface area (Å²) >= 11 is 0. The second-order valence-electron chi connectivity index (χ2n) is 12.5. The van der Waals surface area contributed by atoms with Crippen LogP contribution in [-0.4, -0.2) is 86.6 Å². The number of benzene rings is 2. The number of carbonyl (C=O) groups is 3. The molecule has 11 nitrogen and oxygen atoms in total. The molecule has 0 unspecified atom stereocenters. The summed E-state index contributed by atoms with van der Waals surface area (Å²) in [5.41, 5.74) is 0.525. The van der Waals surface area contributed by atoms with Crippen LogP contribution in [0.2, 0.25) is 0 Å². The maximum Gasteiger partial charge on any atom is 0.287 e. The van der Waals surface area contributed by atoms with Crippen molar-refractivity contribution in [2.24, 2.45) is 5.92 Å². The first-order valence-corrected chi connectivity index (χ1v) is 17.6. The highest BCUT2D eigenvalue weighted by Gasteiger charge is 2.34. The summed E-state index contributed by atoms with van der Waals surface area (Å²) in [4.78, 5) is 42.4. The minimum atomic E-state index is -3.85. The van der Waals surface area contributed by atoms with Crippen molar-refractivity contribution in [2.45, 2.75) is 69.4 Å². The van der Waals surface area contributed by atoms with Crippen LogP contribution < -0.4 is 15.4 Å². The van der Waals surface area contributed by atoms with E-state index in [4.69, 9.17) is 9.15 Å². The average molecular weight is 653 g/mol. The Balaban J connectivity index is 1.20. The molecule has 2 saturated heterocycles. The van der Waals surface area contributed by atoms with Gasteiger partial charge in [-0.1, -0.05) is 38.5 Å². The Morgan fingerprint density at radius 2 is 1.76 bits per heavy atom. The summed E-state index contributed by atoms with van der Waals surface area (Å²) in [6.45, 7) is 7.35. The highest BCUT2D eigenvalue weighted by atomic mass is 32.2. The lowest BCUT2D eigenvalue weighted by Gasteiger charge is -2.26. The molecule has 3 aromatic rings. The molecule has 2 aliphatic heterocycles. The quantitative estimate of drug-likeness (QED) is 0.300. The molecule has 2 atom stereocenters. The number of ether oxygens (including phenoxy) is 1. The van der Waals surface area contributed by atoms with Crippen LogP contribution in [0.25, 0.3) is 11.0 Å². The maximum atomic E-state index is 13.4. The van der Waals surface area contributed by atoms with E-state index in [-0.39, 0.29) is 29.7 Å². The first-order chi connectivity index (χ1) is 22.1. The zero-order valence-corrected chi connectivity index (χ0v) is 27.4. The molecule has 3 heterocycles. The van der Waals surface area contributed by atoms with Crippen LogP contribution in [0.4, 0.5) is 0 Å². The molecule has 1 aromatic heterocycles. The topological polar surface area (TPSA) is 138 Å². The number of ketones is 1. The number of rotatable bonds is 12. The third-order valence-corrected chi connectivity index (χ3v) is 10.3. The summed E-state index contributed by atoms with van der Waals surface area (Å²) in [6, 6.07) is 13.2. The van der Waals surface area contributed by atoms with Crippen LogP contribution in [0.15, 0.2) is 63.9 Å². The molecule has 0 saturated carbocycles. The molecule has 0 aliphatic carbocycles. The number of fused-ring (bicyclic) bond motifs is 1. The van der Waals surface area contributed by atoms with Crippen molar-refractivity contribution < 1.29 is 32.0 Å². The van der Waals surface area contributed by atoms with Crippen molar-refractivity contribution in [3.8, 4) is 5.75 Å². The SMILES string of the molecule is CC(C)C[C@@H](NC(=O)c1cc2cc(OCCN3CCCCC3)ccc2o1)C(=O)N[C@@H]1CCCN(S(=O)(=O)c2ccccc2)CC1=O. The van der Waals surface area contributed by atoms with Gasteiger partial charge in [0.2, 0.25) is 15.9 Å². The second kappa shape index (κ2) is 15.2.